The Labute approximate surface area is 181 Å². The van der Waals surface area contributed by atoms with Crippen molar-refractivity contribution in [3.05, 3.63) is 76.5 Å². The Kier molecular flexibility index (Phi) is 5.67. The van der Waals surface area contributed by atoms with Crippen molar-refractivity contribution in [3.8, 4) is 5.69 Å². The molecule has 4 rings (SSSR count). The number of para-hydroxylation sites is 1. The number of carbonyl (C=O) groups excluding carboxylic acids is 2. The van der Waals surface area contributed by atoms with E-state index in [9.17, 15) is 14.0 Å². The number of anilines is 1. The van der Waals surface area contributed by atoms with Crippen LogP contribution in [0.1, 0.15) is 17.8 Å². The number of aryl methyl sites for hydroxylation is 1. The molecule has 1 fully saturated rings. The van der Waals surface area contributed by atoms with Crippen molar-refractivity contribution in [1.29, 1.82) is 0 Å². The summed E-state index contributed by atoms with van der Waals surface area (Å²) in [4.78, 5) is 31.1. The van der Waals surface area contributed by atoms with Gasteiger partial charge in [0.2, 0.25) is 11.8 Å². The van der Waals surface area contributed by atoms with Gasteiger partial charge in [-0.2, -0.15) is 0 Å². The molecule has 1 aliphatic rings. The van der Waals surface area contributed by atoms with E-state index in [0.29, 0.717) is 30.0 Å². The highest BCUT2D eigenvalue weighted by atomic mass is 79.9. The maximum absolute atomic E-state index is 14.5. The number of aromatic nitrogens is 2. The maximum atomic E-state index is 14.5. The monoisotopic (exact) mass is 470 g/mol. The first-order valence-electron chi connectivity index (χ1n) is 9.58. The molecule has 30 heavy (non-hydrogen) atoms. The lowest BCUT2D eigenvalue weighted by molar-refractivity contribution is -0.132. The first kappa shape index (κ1) is 20.3. The van der Waals surface area contributed by atoms with Gasteiger partial charge in [0.25, 0.3) is 0 Å². The summed E-state index contributed by atoms with van der Waals surface area (Å²) in [6.45, 7) is 2.42. The second-order valence-electron chi connectivity index (χ2n) is 7.13. The highest BCUT2D eigenvalue weighted by Gasteiger charge is 2.38. The summed E-state index contributed by atoms with van der Waals surface area (Å²) in [6.07, 6.45) is 3.75. The van der Waals surface area contributed by atoms with E-state index in [1.54, 1.807) is 40.9 Å². The SMILES string of the molecule is Cc1nccn1-c1ccc(CNC(=O)C2CCN(c3ccccc3Br)C2=O)cc1F. The third-order valence-electron chi connectivity index (χ3n) is 5.23. The van der Waals surface area contributed by atoms with Crippen LogP contribution in [0.3, 0.4) is 0 Å². The molecular weight excluding hydrogens is 451 g/mol. The normalized spacial score (nSPS) is 16.2. The first-order valence-corrected chi connectivity index (χ1v) is 10.4. The van der Waals surface area contributed by atoms with Crippen molar-refractivity contribution >= 4 is 33.4 Å². The molecule has 2 aromatic carbocycles. The van der Waals surface area contributed by atoms with Gasteiger partial charge in [0, 0.05) is 30.0 Å². The van der Waals surface area contributed by atoms with Gasteiger partial charge in [-0.05, 0) is 59.1 Å². The van der Waals surface area contributed by atoms with Crippen LogP contribution in [0.15, 0.2) is 59.3 Å². The predicted molar refractivity (Wildman–Crippen MR) is 115 cm³/mol. The minimum Gasteiger partial charge on any atom is -0.351 e. The van der Waals surface area contributed by atoms with E-state index >= 15 is 0 Å². The van der Waals surface area contributed by atoms with Crippen LogP contribution in [0, 0.1) is 18.7 Å². The Balaban J connectivity index is 1.40. The number of benzene rings is 2. The minimum absolute atomic E-state index is 0.151. The summed E-state index contributed by atoms with van der Waals surface area (Å²) in [5.41, 5.74) is 1.77. The Hall–Kier alpha value is -3.00. The van der Waals surface area contributed by atoms with Crippen LogP contribution in [0.4, 0.5) is 10.1 Å². The fraction of sp³-hybridized carbons (Fsp3) is 0.227. The van der Waals surface area contributed by atoms with Gasteiger partial charge in [0.05, 0.1) is 11.4 Å². The van der Waals surface area contributed by atoms with Crippen LogP contribution in [0.5, 0.6) is 0 Å². The smallest absolute Gasteiger partial charge is 0.239 e. The van der Waals surface area contributed by atoms with E-state index in [1.165, 1.54) is 6.07 Å². The molecule has 3 aromatic rings. The number of rotatable bonds is 5. The minimum atomic E-state index is -0.741. The summed E-state index contributed by atoms with van der Waals surface area (Å²) in [6, 6.07) is 12.2. The molecule has 2 heterocycles. The predicted octanol–water partition coefficient (Wildman–Crippen LogP) is 3.75. The zero-order valence-corrected chi connectivity index (χ0v) is 17.9. The van der Waals surface area contributed by atoms with Crippen molar-refractivity contribution in [2.24, 2.45) is 5.92 Å². The molecule has 1 aromatic heterocycles. The van der Waals surface area contributed by atoms with Gasteiger partial charge in [-0.1, -0.05) is 18.2 Å². The molecule has 0 spiro atoms. The Morgan fingerprint density at radius 1 is 1.27 bits per heavy atom. The Bertz CT molecular complexity index is 1110. The number of hydrogen-bond acceptors (Lipinski definition) is 3. The average molecular weight is 471 g/mol. The standard InChI is InChI=1S/C22H20BrFN4O2/c1-14-25-9-11-27(14)20-7-6-15(12-18(20)24)13-26-21(29)16-8-10-28(22(16)30)19-5-3-2-4-17(19)23/h2-7,9,11-12,16H,8,10,13H2,1H3,(H,26,29). The molecule has 0 saturated carbocycles. The number of imidazole rings is 1. The summed E-state index contributed by atoms with van der Waals surface area (Å²) in [5.74, 6) is -1.03. The number of nitrogens with one attached hydrogen (secondary N) is 1. The van der Waals surface area contributed by atoms with Gasteiger partial charge in [0.1, 0.15) is 17.6 Å². The second-order valence-corrected chi connectivity index (χ2v) is 7.98. The zero-order valence-electron chi connectivity index (χ0n) is 16.3. The van der Waals surface area contributed by atoms with Crippen molar-refractivity contribution in [3.63, 3.8) is 0 Å². The molecule has 0 radical (unpaired) electrons. The van der Waals surface area contributed by atoms with Crippen molar-refractivity contribution < 1.29 is 14.0 Å². The molecule has 0 bridgehead atoms. The highest BCUT2D eigenvalue weighted by molar-refractivity contribution is 9.10. The Morgan fingerprint density at radius 3 is 2.77 bits per heavy atom. The molecule has 1 aliphatic heterocycles. The zero-order chi connectivity index (χ0) is 21.3. The van der Waals surface area contributed by atoms with Gasteiger partial charge in [-0.3, -0.25) is 9.59 Å². The van der Waals surface area contributed by atoms with Crippen molar-refractivity contribution in [2.75, 3.05) is 11.4 Å². The highest BCUT2D eigenvalue weighted by Crippen LogP contribution is 2.31. The van der Waals surface area contributed by atoms with Crippen LogP contribution >= 0.6 is 15.9 Å². The van der Waals surface area contributed by atoms with E-state index in [0.717, 1.165) is 10.2 Å². The van der Waals surface area contributed by atoms with Crippen LogP contribution in [0.25, 0.3) is 5.69 Å². The van der Waals surface area contributed by atoms with Crippen LogP contribution in [-0.2, 0) is 16.1 Å². The van der Waals surface area contributed by atoms with E-state index in [1.807, 2.05) is 24.3 Å². The van der Waals surface area contributed by atoms with Crippen LogP contribution in [0.2, 0.25) is 0 Å². The van der Waals surface area contributed by atoms with Gasteiger partial charge < -0.3 is 14.8 Å². The molecule has 1 saturated heterocycles. The van der Waals surface area contributed by atoms with Gasteiger partial charge >= 0.3 is 0 Å². The molecule has 154 valence electrons. The van der Waals surface area contributed by atoms with E-state index in [-0.39, 0.29) is 18.4 Å². The molecule has 1 atom stereocenters. The van der Waals surface area contributed by atoms with Crippen molar-refractivity contribution in [2.45, 2.75) is 19.9 Å². The molecule has 2 amide bonds. The Morgan fingerprint density at radius 2 is 2.07 bits per heavy atom. The average Bonchev–Trinajstić information content (AvgIpc) is 3.32. The number of carbonyl (C=O) groups is 2. The number of amides is 2. The van der Waals surface area contributed by atoms with Gasteiger partial charge in [-0.15, -0.1) is 0 Å². The van der Waals surface area contributed by atoms with Crippen LogP contribution < -0.4 is 10.2 Å². The van der Waals surface area contributed by atoms with E-state index in [4.69, 9.17) is 0 Å². The number of hydrogen-bond donors (Lipinski definition) is 1. The van der Waals surface area contributed by atoms with Gasteiger partial charge in [-0.25, -0.2) is 9.37 Å². The van der Waals surface area contributed by atoms with Crippen LogP contribution in [-0.4, -0.2) is 27.9 Å². The summed E-state index contributed by atoms with van der Waals surface area (Å²) in [5, 5.41) is 2.77. The maximum Gasteiger partial charge on any atom is 0.239 e. The quantitative estimate of drug-likeness (QED) is 0.577. The molecule has 0 aliphatic carbocycles. The lowest BCUT2D eigenvalue weighted by Crippen LogP contribution is -2.36. The largest absolute Gasteiger partial charge is 0.351 e. The van der Waals surface area contributed by atoms with E-state index < -0.39 is 11.7 Å². The molecular formula is C22H20BrFN4O2. The molecule has 6 nitrogen and oxygen atoms in total. The third kappa shape index (κ3) is 3.87. The lowest BCUT2D eigenvalue weighted by atomic mass is 10.1. The molecule has 1 N–H and O–H groups in total. The topological polar surface area (TPSA) is 67.2 Å². The molecule has 8 heteroatoms. The summed E-state index contributed by atoms with van der Waals surface area (Å²) in [7, 11) is 0. The number of nitrogens with zero attached hydrogens (tertiary/aromatic N) is 3. The molecule has 1 unspecified atom stereocenters. The lowest BCUT2D eigenvalue weighted by Gasteiger charge is -2.18. The summed E-state index contributed by atoms with van der Waals surface area (Å²) >= 11 is 3.45. The van der Waals surface area contributed by atoms with E-state index in [2.05, 4.69) is 26.2 Å². The summed E-state index contributed by atoms with van der Waals surface area (Å²) < 4.78 is 17.0. The van der Waals surface area contributed by atoms with Gasteiger partial charge in [0.15, 0.2) is 0 Å². The first-order chi connectivity index (χ1) is 14.5. The third-order valence-corrected chi connectivity index (χ3v) is 5.90. The fourth-order valence-corrected chi connectivity index (χ4v) is 4.13. The second kappa shape index (κ2) is 8.39. The number of halogens is 2. The van der Waals surface area contributed by atoms with Crippen molar-refractivity contribution in [1.82, 2.24) is 14.9 Å². The fourth-order valence-electron chi connectivity index (χ4n) is 3.63.